The molecule has 0 aliphatic carbocycles. The molecule has 690 valence electrons. The molecule has 0 atom stereocenters. The van der Waals surface area contributed by atoms with E-state index in [1.165, 1.54) is 235 Å². The van der Waals surface area contributed by atoms with E-state index in [4.69, 9.17) is 0 Å². The van der Waals surface area contributed by atoms with Gasteiger partial charge in [0.15, 0.2) is 0 Å². The van der Waals surface area contributed by atoms with Gasteiger partial charge in [-0.15, -0.1) is 0 Å². The number of hydrogen-bond donors (Lipinski definition) is 0. The Morgan fingerprint density at radius 1 is 0.0909 bits per heavy atom. The minimum absolute atomic E-state index is 1.24. The summed E-state index contributed by atoms with van der Waals surface area (Å²) in [6, 6.07) is 196. The van der Waals surface area contributed by atoms with Gasteiger partial charge in [0.1, 0.15) is 0 Å². The smallest absolute Gasteiger partial charge is 0.0103 e. The fraction of sp³-hybridized carbons (Fsp3) is 0.0629. The second-order valence-corrected chi connectivity index (χ2v) is 37.2. The molecule has 26 aromatic carbocycles. The fourth-order valence-electron chi connectivity index (χ4n) is 19.0. The molecule has 0 saturated carbocycles. The van der Waals surface area contributed by atoms with Crippen molar-refractivity contribution in [2.24, 2.45) is 0 Å². The van der Waals surface area contributed by atoms with Crippen molar-refractivity contribution in [1.29, 1.82) is 0 Å². The highest BCUT2D eigenvalue weighted by molar-refractivity contribution is 6.11. The van der Waals surface area contributed by atoms with E-state index in [9.17, 15) is 0 Å². The first-order valence-electron chi connectivity index (χ1n) is 49.6. The van der Waals surface area contributed by atoms with Gasteiger partial charge in [0.05, 0.1) is 0 Å². The van der Waals surface area contributed by atoms with Crippen LogP contribution >= 0.6 is 0 Å². The molecule has 0 aromatic heterocycles. The Morgan fingerprint density at radius 2 is 0.378 bits per heavy atom. The van der Waals surface area contributed by atoms with Gasteiger partial charge in [0, 0.05) is 0 Å². The van der Waals surface area contributed by atoms with Crippen LogP contribution in [0.25, 0.3) is 185 Å². The largest absolute Gasteiger partial charge is 0.0622 e. The van der Waals surface area contributed by atoms with Crippen molar-refractivity contribution in [3.8, 4) is 66.8 Å². The van der Waals surface area contributed by atoms with Gasteiger partial charge in [-0.25, -0.2) is 0 Å². The van der Waals surface area contributed by atoms with E-state index in [0.29, 0.717) is 0 Å². The van der Waals surface area contributed by atoms with E-state index >= 15 is 0 Å². The van der Waals surface area contributed by atoms with Gasteiger partial charge >= 0.3 is 0 Å². The third kappa shape index (κ3) is 24.1. The summed E-state index contributed by atoms with van der Waals surface area (Å²) in [6.07, 6.45) is 0. The lowest BCUT2D eigenvalue weighted by Crippen LogP contribution is -1.86. The Labute approximate surface area is 843 Å². The Bertz CT molecular complexity index is 8740. The number of fused-ring (bicyclic) bond motifs is 14. The summed E-state index contributed by atoms with van der Waals surface area (Å²) >= 11 is 0. The molecule has 0 heteroatoms. The van der Waals surface area contributed by atoms with Crippen molar-refractivity contribution >= 4 is 118 Å². The van der Waals surface area contributed by atoms with E-state index in [1.54, 1.807) is 0 Å². The first-order chi connectivity index (χ1) is 70.1. The Balaban J connectivity index is 0.000000107. The first kappa shape index (κ1) is 95.9. The zero-order chi connectivity index (χ0) is 98.2. The van der Waals surface area contributed by atoms with Crippen LogP contribution < -0.4 is 0 Å². The molecule has 0 saturated heterocycles. The van der Waals surface area contributed by atoms with Gasteiger partial charge in [0.2, 0.25) is 0 Å². The lowest BCUT2D eigenvalue weighted by molar-refractivity contribution is 1.46. The third-order valence-corrected chi connectivity index (χ3v) is 26.7. The topological polar surface area (TPSA) is 0 Å². The Hall–Kier alpha value is -17.4. The van der Waals surface area contributed by atoms with Crippen molar-refractivity contribution in [3.05, 3.63) is 602 Å². The van der Waals surface area contributed by atoms with Crippen molar-refractivity contribution in [3.63, 3.8) is 0 Å². The monoisotopic (exact) mass is 1830 g/mol. The molecule has 0 aliphatic rings. The predicted octanol–water partition coefficient (Wildman–Crippen LogP) is 40.6. The van der Waals surface area contributed by atoms with Crippen LogP contribution in [0, 0.1) is 62.3 Å². The molecule has 26 rings (SSSR count). The molecule has 0 amide bonds. The Morgan fingerprint density at radius 3 is 0.937 bits per heavy atom. The SMILES string of the molecule is Cc1cc2ccccc2c2ccccc12.Cc1ccc(-c2ccc3ccccc3c2)cc1.Cc1ccc(-c2cccc3ccccc23)cc1.Cc1ccc(-c2ccccc2)c2ccccc12.Cc1ccc2c(ccc3ccccc32)c1.Cc1ccc2ccc3ccccc3c2c1.Cc1ccc2ccccc2c1.Cc1cccc(-c2cc(-c3ccccc3)cc(-c3ccccc3)c2)c1.Cc1cccc2ccccc12. The van der Waals surface area contributed by atoms with Crippen LogP contribution in [0.3, 0.4) is 0 Å². The summed E-state index contributed by atoms with van der Waals surface area (Å²) in [6.45, 7) is 19.2. The maximum atomic E-state index is 2.29. The molecule has 0 spiro atoms. The van der Waals surface area contributed by atoms with Crippen molar-refractivity contribution in [1.82, 2.24) is 0 Å². The quantitative estimate of drug-likeness (QED) is 0.146. The lowest BCUT2D eigenvalue weighted by atomic mass is 9.93. The molecule has 0 heterocycles. The van der Waals surface area contributed by atoms with Crippen molar-refractivity contribution in [2.75, 3.05) is 0 Å². The van der Waals surface area contributed by atoms with E-state index in [2.05, 4.69) is 614 Å². The fourth-order valence-corrected chi connectivity index (χ4v) is 19.0. The van der Waals surface area contributed by atoms with Gasteiger partial charge in [-0.1, -0.05) is 561 Å². The second kappa shape index (κ2) is 46.4. The van der Waals surface area contributed by atoms with Gasteiger partial charge in [-0.05, 0) is 289 Å². The zero-order valence-electron chi connectivity index (χ0n) is 83.0. The average Bonchev–Trinajstić information content (AvgIpc) is 0.782. The van der Waals surface area contributed by atoms with Crippen molar-refractivity contribution in [2.45, 2.75) is 62.3 Å². The number of aryl methyl sites for hydroxylation is 9. The minimum Gasteiger partial charge on any atom is -0.0622 e. The summed E-state index contributed by atoms with van der Waals surface area (Å²) in [5.41, 5.74) is 27.1. The molecule has 0 N–H and O–H groups in total. The molecular formula is C143H118. The van der Waals surface area contributed by atoms with Crippen LogP contribution in [-0.4, -0.2) is 0 Å². The summed E-state index contributed by atoms with van der Waals surface area (Å²) in [7, 11) is 0. The van der Waals surface area contributed by atoms with Gasteiger partial charge in [0.25, 0.3) is 0 Å². The molecular weight excluding hydrogens is 1720 g/mol. The predicted molar refractivity (Wildman–Crippen MR) is 626 cm³/mol. The number of hydrogen-bond acceptors (Lipinski definition) is 0. The highest BCUT2D eigenvalue weighted by atomic mass is 14.2. The van der Waals surface area contributed by atoms with E-state index < -0.39 is 0 Å². The molecule has 0 fully saturated rings. The van der Waals surface area contributed by atoms with Crippen LogP contribution in [0.4, 0.5) is 0 Å². The van der Waals surface area contributed by atoms with E-state index in [1.807, 2.05) is 0 Å². The summed E-state index contributed by atoms with van der Waals surface area (Å²) in [5, 5.41) is 29.3. The first-order valence-corrected chi connectivity index (χ1v) is 49.6. The van der Waals surface area contributed by atoms with Gasteiger partial charge in [-0.2, -0.15) is 0 Å². The maximum Gasteiger partial charge on any atom is -0.0103 e. The van der Waals surface area contributed by atoms with Crippen LogP contribution in [0.5, 0.6) is 0 Å². The summed E-state index contributed by atoms with van der Waals surface area (Å²) < 4.78 is 0. The normalized spacial score (nSPS) is 10.7. The van der Waals surface area contributed by atoms with Gasteiger partial charge < -0.3 is 0 Å². The Kier molecular flexibility index (Phi) is 31.1. The molecule has 0 aliphatic heterocycles. The molecule has 26 aromatic rings. The molecule has 0 unspecified atom stereocenters. The third-order valence-electron chi connectivity index (χ3n) is 26.7. The summed E-state index contributed by atoms with van der Waals surface area (Å²) in [5.74, 6) is 0. The molecule has 0 bridgehead atoms. The molecule has 143 heavy (non-hydrogen) atoms. The van der Waals surface area contributed by atoms with E-state index in [0.717, 1.165) is 0 Å². The zero-order valence-corrected chi connectivity index (χ0v) is 83.0. The van der Waals surface area contributed by atoms with Crippen LogP contribution in [0.2, 0.25) is 0 Å². The van der Waals surface area contributed by atoms with Crippen LogP contribution in [-0.2, 0) is 0 Å². The second-order valence-electron chi connectivity index (χ2n) is 37.2. The van der Waals surface area contributed by atoms with Crippen LogP contribution in [0.15, 0.2) is 552 Å². The highest BCUT2D eigenvalue weighted by Crippen LogP contribution is 2.38. The summed E-state index contributed by atoms with van der Waals surface area (Å²) in [4.78, 5) is 0. The standard InChI is InChI=1S/C25H20.3C17H14.3C15H12.2C11H10/c1-19-9-8-14-22(15-19)25-17-23(20-10-4-2-5-11-20)16-24(18-25)21-12-6-3-7-13-21;1-13-9-11-15(12-10-13)17-8-4-6-14-5-2-3-7-16(14)17;1-13-11-12-16(14-7-3-2-4-8-14)17-10-6-5-9-15(13)17;1-13-6-8-15(9-7-13)17-11-10-14-4-2-3-5-16(14)12-17;1-11-10-12-6-2-3-8-14(12)15-9-5-4-7-13(11)15;1-11-6-9-15-13(10-11)8-7-12-4-2-3-5-14(12)15;1-11-6-7-13-9-8-12-4-2-3-5-14(12)15(13)10-11;1-9-5-4-7-10-6-2-3-8-11(9)10;1-9-6-7-10-4-2-3-5-11(10)8-9/h2-18H,1H3;3*2-12H,1H3;3*2-10H,1H3;2*2-8H,1H3. The molecule has 0 radical (unpaired) electrons. The minimum atomic E-state index is 1.24. The van der Waals surface area contributed by atoms with Gasteiger partial charge in [-0.3, -0.25) is 0 Å². The lowest BCUT2D eigenvalue weighted by Gasteiger charge is -2.11. The average molecular weight is 1840 g/mol. The maximum absolute atomic E-state index is 2.29. The van der Waals surface area contributed by atoms with Crippen LogP contribution in [0.1, 0.15) is 50.1 Å². The number of benzene rings is 26. The van der Waals surface area contributed by atoms with Crippen molar-refractivity contribution < 1.29 is 0 Å². The number of rotatable bonds is 6. The highest BCUT2D eigenvalue weighted by Gasteiger charge is 2.12. The molecule has 0 nitrogen and oxygen atoms in total. The van der Waals surface area contributed by atoms with E-state index in [-0.39, 0.29) is 0 Å².